The molecule has 0 aromatic heterocycles. The molecule has 21 heavy (non-hydrogen) atoms. The van der Waals surface area contributed by atoms with E-state index in [4.69, 9.17) is 4.74 Å². The van der Waals surface area contributed by atoms with Crippen molar-refractivity contribution in [1.82, 2.24) is 10.2 Å². The highest BCUT2D eigenvalue weighted by Gasteiger charge is 2.54. The topological polar surface area (TPSA) is 24.5 Å². The Morgan fingerprint density at radius 2 is 1.76 bits per heavy atom. The van der Waals surface area contributed by atoms with Crippen molar-refractivity contribution in [2.24, 2.45) is 11.8 Å². The second-order valence-corrected chi connectivity index (χ2v) is 8.81. The number of piperazine rings is 1. The second kappa shape index (κ2) is 5.21. The summed E-state index contributed by atoms with van der Waals surface area (Å²) in [5.74, 6) is 1.80. The summed E-state index contributed by atoms with van der Waals surface area (Å²) in [6, 6.07) is 0. The summed E-state index contributed by atoms with van der Waals surface area (Å²) >= 11 is 0. The molecule has 0 spiro atoms. The van der Waals surface area contributed by atoms with Crippen molar-refractivity contribution in [1.29, 1.82) is 0 Å². The average molecular weight is 294 g/mol. The number of nitrogens with one attached hydrogen (secondary N) is 1. The SMILES string of the molecule is COC(C)(C)CCN1CC(C)(C2CC2)NCC1(C)C1CC1. The zero-order valence-electron chi connectivity index (χ0n) is 14.7. The van der Waals surface area contributed by atoms with Crippen molar-refractivity contribution < 1.29 is 4.74 Å². The van der Waals surface area contributed by atoms with Gasteiger partial charge in [0.05, 0.1) is 5.60 Å². The lowest BCUT2D eigenvalue weighted by Gasteiger charge is -2.53. The van der Waals surface area contributed by atoms with Gasteiger partial charge in [0.1, 0.15) is 0 Å². The zero-order chi connectivity index (χ0) is 15.3. The van der Waals surface area contributed by atoms with Gasteiger partial charge in [-0.1, -0.05) is 0 Å². The van der Waals surface area contributed by atoms with Gasteiger partial charge < -0.3 is 10.1 Å². The van der Waals surface area contributed by atoms with Crippen LogP contribution in [0.4, 0.5) is 0 Å². The lowest BCUT2D eigenvalue weighted by atomic mass is 9.82. The van der Waals surface area contributed by atoms with Crippen molar-refractivity contribution in [2.45, 2.75) is 76.5 Å². The first-order chi connectivity index (χ1) is 9.79. The Balaban J connectivity index is 1.70. The molecule has 2 unspecified atom stereocenters. The second-order valence-electron chi connectivity index (χ2n) is 8.81. The smallest absolute Gasteiger partial charge is 0.0634 e. The predicted molar refractivity (Wildman–Crippen MR) is 87.5 cm³/mol. The molecule has 3 fully saturated rings. The molecule has 1 aliphatic heterocycles. The molecule has 0 bridgehead atoms. The lowest BCUT2D eigenvalue weighted by molar-refractivity contribution is -0.0347. The molecular weight excluding hydrogens is 260 g/mol. The first-order valence-corrected chi connectivity index (χ1v) is 8.84. The minimum absolute atomic E-state index is 0.00861. The summed E-state index contributed by atoms with van der Waals surface area (Å²) in [5, 5.41) is 3.94. The zero-order valence-corrected chi connectivity index (χ0v) is 14.7. The molecule has 2 atom stereocenters. The third-order valence-electron chi connectivity index (χ3n) is 6.56. The molecule has 122 valence electrons. The lowest BCUT2D eigenvalue weighted by Crippen LogP contribution is -2.70. The summed E-state index contributed by atoms with van der Waals surface area (Å²) in [4.78, 5) is 2.81. The van der Waals surface area contributed by atoms with Gasteiger partial charge >= 0.3 is 0 Å². The van der Waals surface area contributed by atoms with Crippen LogP contribution in [0.1, 0.15) is 59.8 Å². The van der Waals surface area contributed by atoms with Crippen LogP contribution < -0.4 is 5.32 Å². The minimum Gasteiger partial charge on any atom is -0.379 e. The van der Waals surface area contributed by atoms with Crippen LogP contribution in [0, 0.1) is 11.8 Å². The van der Waals surface area contributed by atoms with E-state index < -0.39 is 0 Å². The van der Waals surface area contributed by atoms with E-state index in [0.717, 1.165) is 31.3 Å². The van der Waals surface area contributed by atoms with Crippen molar-refractivity contribution in [3.05, 3.63) is 0 Å². The van der Waals surface area contributed by atoms with E-state index in [1.54, 1.807) is 0 Å². The Morgan fingerprint density at radius 1 is 1.14 bits per heavy atom. The third kappa shape index (κ3) is 3.16. The number of rotatable bonds is 6. The van der Waals surface area contributed by atoms with Crippen molar-refractivity contribution in [3.8, 4) is 0 Å². The van der Waals surface area contributed by atoms with E-state index in [1.807, 2.05) is 7.11 Å². The van der Waals surface area contributed by atoms with Gasteiger partial charge in [-0.05, 0) is 71.6 Å². The Labute approximate surface area is 130 Å². The molecule has 0 aromatic rings. The van der Waals surface area contributed by atoms with Crippen LogP contribution >= 0.6 is 0 Å². The number of methoxy groups -OCH3 is 1. The van der Waals surface area contributed by atoms with Crippen molar-refractivity contribution in [3.63, 3.8) is 0 Å². The average Bonchev–Trinajstić information content (AvgIpc) is 3.31. The number of hydrogen-bond donors (Lipinski definition) is 1. The Hall–Kier alpha value is -0.120. The molecule has 3 rings (SSSR count). The molecule has 1 N–H and O–H groups in total. The Kier molecular flexibility index (Phi) is 3.91. The van der Waals surface area contributed by atoms with Gasteiger partial charge in [-0.25, -0.2) is 0 Å². The van der Waals surface area contributed by atoms with Gasteiger partial charge in [0.2, 0.25) is 0 Å². The predicted octanol–water partition coefficient (Wildman–Crippen LogP) is 3.04. The van der Waals surface area contributed by atoms with E-state index in [9.17, 15) is 0 Å². The van der Waals surface area contributed by atoms with E-state index in [1.165, 1.54) is 32.2 Å². The van der Waals surface area contributed by atoms with Gasteiger partial charge in [-0.2, -0.15) is 0 Å². The number of nitrogens with zero attached hydrogens (tertiary/aromatic N) is 1. The molecule has 2 aliphatic carbocycles. The summed E-state index contributed by atoms with van der Waals surface area (Å²) in [6.07, 6.45) is 6.79. The quantitative estimate of drug-likeness (QED) is 0.815. The molecule has 1 saturated heterocycles. The van der Waals surface area contributed by atoms with Gasteiger partial charge in [0.15, 0.2) is 0 Å². The van der Waals surface area contributed by atoms with Crippen molar-refractivity contribution >= 4 is 0 Å². The molecular formula is C18H34N2O. The highest BCUT2D eigenvalue weighted by Crippen LogP contribution is 2.48. The van der Waals surface area contributed by atoms with E-state index in [-0.39, 0.29) is 5.60 Å². The summed E-state index contributed by atoms with van der Waals surface area (Å²) in [7, 11) is 1.84. The van der Waals surface area contributed by atoms with Gasteiger partial charge in [0, 0.05) is 37.8 Å². The highest BCUT2D eigenvalue weighted by atomic mass is 16.5. The highest BCUT2D eigenvalue weighted by molar-refractivity contribution is 5.11. The Morgan fingerprint density at radius 3 is 2.29 bits per heavy atom. The van der Waals surface area contributed by atoms with E-state index in [2.05, 4.69) is 37.9 Å². The molecule has 3 nitrogen and oxygen atoms in total. The largest absolute Gasteiger partial charge is 0.379 e. The molecule has 3 heteroatoms. The minimum atomic E-state index is -0.00861. The van der Waals surface area contributed by atoms with Gasteiger partial charge in [-0.15, -0.1) is 0 Å². The Bertz CT molecular complexity index is 389. The first-order valence-electron chi connectivity index (χ1n) is 8.84. The van der Waals surface area contributed by atoms with Gasteiger partial charge in [0.25, 0.3) is 0 Å². The molecule has 0 amide bonds. The molecule has 3 aliphatic rings. The van der Waals surface area contributed by atoms with E-state index in [0.29, 0.717) is 11.1 Å². The van der Waals surface area contributed by atoms with Crippen LogP contribution in [-0.2, 0) is 4.74 Å². The third-order valence-corrected chi connectivity index (χ3v) is 6.56. The maximum Gasteiger partial charge on any atom is 0.0634 e. The van der Waals surface area contributed by atoms with Gasteiger partial charge in [-0.3, -0.25) is 4.90 Å². The van der Waals surface area contributed by atoms with Crippen LogP contribution in [0.3, 0.4) is 0 Å². The van der Waals surface area contributed by atoms with Crippen LogP contribution in [0.25, 0.3) is 0 Å². The fourth-order valence-electron chi connectivity index (χ4n) is 4.07. The molecule has 2 saturated carbocycles. The van der Waals surface area contributed by atoms with Crippen LogP contribution in [0.15, 0.2) is 0 Å². The standard InChI is InChI=1S/C18H34N2O/c1-16(2,21-5)10-11-20-13-17(3,14-6-7-14)19-12-18(20,4)15-8-9-15/h14-15,19H,6-13H2,1-5H3. The molecule has 0 radical (unpaired) electrons. The fraction of sp³-hybridized carbons (Fsp3) is 1.00. The summed E-state index contributed by atoms with van der Waals surface area (Å²) < 4.78 is 5.64. The molecule has 0 aromatic carbocycles. The summed E-state index contributed by atoms with van der Waals surface area (Å²) in [6.45, 7) is 12.9. The van der Waals surface area contributed by atoms with Crippen LogP contribution in [0.2, 0.25) is 0 Å². The number of ether oxygens (including phenoxy) is 1. The number of hydrogen-bond acceptors (Lipinski definition) is 3. The van der Waals surface area contributed by atoms with Crippen LogP contribution in [0.5, 0.6) is 0 Å². The summed E-state index contributed by atoms with van der Waals surface area (Å²) in [5.41, 5.74) is 0.690. The monoisotopic (exact) mass is 294 g/mol. The maximum absolute atomic E-state index is 5.64. The van der Waals surface area contributed by atoms with E-state index >= 15 is 0 Å². The van der Waals surface area contributed by atoms with Crippen LogP contribution in [-0.4, -0.2) is 48.3 Å². The maximum atomic E-state index is 5.64. The molecule has 1 heterocycles. The normalized spacial score (nSPS) is 38.7. The first kappa shape index (κ1) is 15.8. The fourth-order valence-corrected chi connectivity index (χ4v) is 4.07. The van der Waals surface area contributed by atoms with Crippen molar-refractivity contribution in [2.75, 3.05) is 26.7 Å².